The van der Waals surface area contributed by atoms with Gasteiger partial charge in [0.15, 0.2) is 0 Å². The summed E-state index contributed by atoms with van der Waals surface area (Å²) in [6, 6.07) is 14.3. The van der Waals surface area contributed by atoms with E-state index >= 15 is 0 Å². The molecule has 0 heterocycles. The van der Waals surface area contributed by atoms with Crippen LogP contribution in [0, 0.1) is 5.82 Å². The van der Waals surface area contributed by atoms with Crippen LogP contribution in [0.3, 0.4) is 0 Å². The number of benzene rings is 2. The third kappa shape index (κ3) is 4.17. The van der Waals surface area contributed by atoms with Gasteiger partial charge in [-0.3, -0.25) is 4.79 Å². The molecule has 0 saturated heterocycles. The Balaban J connectivity index is 1.85. The van der Waals surface area contributed by atoms with Crippen molar-refractivity contribution in [1.82, 2.24) is 5.32 Å². The van der Waals surface area contributed by atoms with Gasteiger partial charge in [-0.2, -0.15) is 0 Å². The van der Waals surface area contributed by atoms with Crippen LogP contribution in [0.5, 0.6) is 0 Å². The molecular weight excluding hydrogens is 255 g/mol. The number of carbonyl (C=O) groups excluding carboxylic acids is 1. The molecular formula is C16H17FN2O. The average molecular weight is 272 g/mol. The lowest BCUT2D eigenvalue weighted by Crippen LogP contribution is -2.13. The number of nitrogens with one attached hydrogen (secondary N) is 2. The maximum Gasteiger partial charge on any atom is 0.221 e. The Morgan fingerprint density at radius 2 is 1.75 bits per heavy atom. The predicted octanol–water partition coefficient (Wildman–Crippen LogP) is 3.07. The van der Waals surface area contributed by atoms with E-state index in [0.29, 0.717) is 18.7 Å². The maximum absolute atomic E-state index is 13.4. The summed E-state index contributed by atoms with van der Waals surface area (Å²) in [5.74, 6) is -0.281. The molecule has 0 atom stereocenters. The quantitative estimate of drug-likeness (QED) is 0.878. The number of rotatable bonds is 5. The van der Waals surface area contributed by atoms with Crippen molar-refractivity contribution in [2.24, 2.45) is 0 Å². The van der Waals surface area contributed by atoms with Gasteiger partial charge in [0.25, 0.3) is 0 Å². The first-order chi connectivity index (χ1) is 9.65. The van der Waals surface area contributed by atoms with Gasteiger partial charge in [0.1, 0.15) is 5.82 Å². The molecule has 0 fully saturated rings. The van der Waals surface area contributed by atoms with Crippen molar-refractivity contribution in [2.45, 2.75) is 20.0 Å². The van der Waals surface area contributed by atoms with Crippen LogP contribution in [0.4, 0.5) is 10.1 Å². The first-order valence-electron chi connectivity index (χ1n) is 6.46. The molecule has 0 aliphatic heterocycles. The summed E-state index contributed by atoms with van der Waals surface area (Å²) in [6.45, 7) is 2.61. The van der Waals surface area contributed by atoms with Crippen molar-refractivity contribution in [3.63, 3.8) is 0 Å². The lowest BCUT2D eigenvalue weighted by molar-refractivity contribution is -0.114. The molecule has 1 amide bonds. The van der Waals surface area contributed by atoms with Gasteiger partial charge < -0.3 is 10.6 Å². The van der Waals surface area contributed by atoms with Crippen molar-refractivity contribution in [3.8, 4) is 0 Å². The Morgan fingerprint density at radius 1 is 1.05 bits per heavy atom. The standard InChI is InChI=1S/C16H17FN2O/c1-12(20)19-15-8-6-13(7-9-15)10-18-11-14-4-2-3-5-16(14)17/h2-9,18H,10-11H2,1H3,(H,19,20). The monoisotopic (exact) mass is 272 g/mol. The van der Waals surface area contributed by atoms with Gasteiger partial charge in [-0.05, 0) is 23.8 Å². The minimum atomic E-state index is -0.194. The van der Waals surface area contributed by atoms with Crippen LogP contribution in [0.1, 0.15) is 18.1 Å². The highest BCUT2D eigenvalue weighted by Crippen LogP contribution is 2.10. The van der Waals surface area contributed by atoms with E-state index in [9.17, 15) is 9.18 Å². The molecule has 20 heavy (non-hydrogen) atoms. The second kappa shape index (κ2) is 6.82. The molecule has 0 unspecified atom stereocenters. The third-order valence-corrected chi connectivity index (χ3v) is 2.88. The van der Waals surface area contributed by atoms with Crippen LogP contribution in [-0.4, -0.2) is 5.91 Å². The van der Waals surface area contributed by atoms with Crippen LogP contribution in [0.25, 0.3) is 0 Å². The van der Waals surface area contributed by atoms with Crippen molar-refractivity contribution >= 4 is 11.6 Å². The fourth-order valence-electron chi connectivity index (χ4n) is 1.89. The largest absolute Gasteiger partial charge is 0.326 e. The Morgan fingerprint density at radius 3 is 2.40 bits per heavy atom. The van der Waals surface area contributed by atoms with E-state index < -0.39 is 0 Å². The lowest BCUT2D eigenvalue weighted by Gasteiger charge is -2.07. The molecule has 0 aliphatic rings. The number of amides is 1. The number of hydrogen-bond acceptors (Lipinski definition) is 2. The molecule has 0 aliphatic carbocycles. The van der Waals surface area contributed by atoms with Gasteiger partial charge in [-0.1, -0.05) is 30.3 Å². The number of anilines is 1. The van der Waals surface area contributed by atoms with Gasteiger partial charge in [0.05, 0.1) is 0 Å². The zero-order valence-electron chi connectivity index (χ0n) is 11.3. The minimum Gasteiger partial charge on any atom is -0.326 e. The molecule has 0 radical (unpaired) electrons. The molecule has 2 rings (SSSR count). The van der Waals surface area contributed by atoms with Gasteiger partial charge in [0.2, 0.25) is 5.91 Å². The van der Waals surface area contributed by atoms with E-state index in [-0.39, 0.29) is 11.7 Å². The molecule has 2 N–H and O–H groups in total. The maximum atomic E-state index is 13.4. The van der Waals surface area contributed by atoms with E-state index in [1.165, 1.54) is 13.0 Å². The SMILES string of the molecule is CC(=O)Nc1ccc(CNCc2ccccc2F)cc1. The fourth-order valence-corrected chi connectivity index (χ4v) is 1.89. The summed E-state index contributed by atoms with van der Waals surface area (Å²) in [7, 11) is 0. The van der Waals surface area contributed by atoms with Crippen molar-refractivity contribution in [2.75, 3.05) is 5.32 Å². The second-order valence-electron chi connectivity index (χ2n) is 4.57. The van der Waals surface area contributed by atoms with Crippen LogP contribution in [0.2, 0.25) is 0 Å². The average Bonchev–Trinajstić information content (AvgIpc) is 2.42. The van der Waals surface area contributed by atoms with Gasteiger partial charge in [-0.15, -0.1) is 0 Å². The molecule has 2 aromatic rings. The van der Waals surface area contributed by atoms with Crippen LogP contribution in [0.15, 0.2) is 48.5 Å². The first kappa shape index (κ1) is 14.2. The summed E-state index contributed by atoms with van der Waals surface area (Å²) in [6.07, 6.45) is 0. The lowest BCUT2D eigenvalue weighted by atomic mass is 10.2. The van der Waals surface area contributed by atoms with E-state index in [1.54, 1.807) is 12.1 Å². The highest BCUT2D eigenvalue weighted by molar-refractivity contribution is 5.88. The molecule has 104 valence electrons. The smallest absolute Gasteiger partial charge is 0.221 e. The predicted molar refractivity (Wildman–Crippen MR) is 77.7 cm³/mol. The second-order valence-corrected chi connectivity index (χ2v) is 4.57. The molecule has 0 saturated carbocycles. The van der Waals surface area contributed by atoms with Crippen LogP contribution >= 0.6 is 0 Å². The molecule has 3 nitrogen and oxygen atoms in total. The summed E-state index contributed by atoms with van der Waals surface area (Å²) >= 11 is 0. The van der Waals surface area contributed by atoms with Gasteiger partial charge in [0, 0.05) is 31.3 Å². The number of hydrogen-bond donors (Lipinski definition) is 2. The Bertz CT molecular complexity index is 581. The zero-order chi connectivity index (χ0) is 14.4. The first-order valence-corrected chi connectivity index (χ1v) is 6.46. The van der Waals surface area contributed by atoms with Gasteiger partial charge in [-0.25, -0.2) is 4.39 Å². The summed E-state index contributed by atoms with van der Waals surface area (Å²) in [4.78, 5) is 10.9. The Labute approximate surface area is 117 Å². The van der Waals surface area contributed by atoms with Crippen molar-refractivity contribution in [1.29, 1.82) is 0 Å². The van der Waals surface area contributed by atoms with Crippen LogP contribution in [-0.2, 0) is 17.9 Å². The number of carbonyl (C=O) groups is 1. The summed E-state index contributed by atoms with van der Waals surface area (Å²) in [5, 5.41) is 5.90. The van der Waals surface area contributed by atoms with E-state index in [0.717, 1.165) is 11.3 Å². The topological polar surface area (TPSA) is 41.1 Å². The van der Waals surface area contributed by atoms with Crippen LogP contribution < -0.4 is 10.6 Å². The molecule has 0 bridgehead atoms. The van der Waals surface area contributed by atoms with E-state index in [2.05, 4.69) is 10.6 Å². The highest BCUT2D eigenvalue weighted by Gasteiger charge is 2.00. The highest BCUT2D eigenvalue weighted by atomic mass is 19.1. The Kier molecular flexibility index (Phi) is 4.85. The van der Waals surface area contributed by atoms with Gasteiger partial charge >= 0.3 is 0 Å². The molecule has 4 heteroatoms. The molecule has 0 spiro atoms. The van der Waals surface area contributed by atoms with Crippen molar-refractivity contribution in [3.05, 3.63) is 65.5 Å². The summed E-state index contributed by atoms with van der Waals surface area (Å²) in [5.41, 5.74) is 2.51. The third-order valence-electron chi connectivity index (χ3n) is 2.88. The number of halogens is 1. The van der Waals surface area contributed by atoms with E-state index in [1.807, 2.05) is 30.3 Å². The normalized spacial score (nSPS) is 10.3. The minimum absolute atomic E-state index is 0.0876. The Hall–Kier alpha value is -2.20. The molecule has 2 aromatic carbocycles. The van der Waals surface area contributed by atoms with E-state index in [4.69, 9.17) is 0 Å². The zero-order valence-corrected chi connectivity index (χ0v) is 11.3. The summed E-state index contributed by atoms with van der Waals surface area (Å²) < 4.78 is 13.4. The fraction of sp³-hybridized carbons (Fsp3) is 0.188. The molecule has 0 aromatic heterocycles. The van der Waals surface area contributed by atoms with Crippen molar-refractivity contribution < 1.29 is 9.18 Å².